The Labute approximate surface area is 207 Å². The molecule has 1 atom stereocenters. The number of esters is 1. The highest BCUT2D eigenvalue weighted by molar-refractivity contribution is 7.99. The lowest BCUT2D eigenvalue weighted by atomic mass is 10.1. The summed E-state index contributed by atoms with van der Waals surface area (Å²) >= 11 is 1.57. The number of halogens is 3. The Hall–Kier alpha value is -2.84. The predicted molar refractivity (Wildman–Crippen MR) is 131 cm³/mol. The minimum absolute atomic E-state index is 0.141. The number of alkyl halides is 3. The van der Waals surface area contributed by atoms with Crippen LogP contribution in [0.5, 0.6) is 5.75 Å². The molecule has 0 saturated heterocycles. The molecule has 35 heavy (non-hydrogen) atoms. The van der Waals surface area contributed by atoms with E-state index in [4.69, 9.17) is 14.5 Å². The van der Waals surface area contributed by atoms with E-state index in [1.807, 2.05) is 45.0 Å². The molecule has 2 aromatic carbocycles. The summed E-state index contributed by atoms with van der Waals surface area (Å²) in [5.74, 6) is 0.283. The summed E-state index contributed by atoms with van der Waals surface area (Å²) in [6, 6.07) is 16.1. The average Bonchev–Trinajstić information content (AvgIpc) is 2.83. The molecule has 4 nitrogen and oxygen atoms in total. The van der Waals surface area contributed by atoms with Crippen LogP contribution in [0.25, 0.3) is 11.3 Å². The fourth-order valence-electron chi connectivity index (χ4n) is 3.38. The molecule has 3 aromatic rings. The molecule has 0 aliphatic rings. The van der Waals surface area contributed by atoms with Crippen LogP contribution in [0, 0.1) is 6.92 Å². The Bertz CT molecular complexity index is 1130. The Balaban J connectivity index is 1.82. The van der Waals surface area contributed by atoms with Crippen molar-refractivity contribution >= 4 is 17.7 Å². The van der Waals surface area contributed by atoms with Crippen LogP contribution < -0.4 is 4.74 Å². The molecule has 0 N–H and O–H groups in total. The van der Waals surface area contributed by atoms with Crippen LogP contribution in [0.2, 0.25) is 0 Å². The van der Waals surface area contributed by atoms with Gasteiger partial charge in [0.25, 0.3) is 0 Å². The van der Waals surface area contributed by atoms with E-state index < -0.39 is 11.7 Å². The third-order valence-electron chi connectivity index (χ3n) is 5.18. The van der Waals surface area contributed by atoms with Crippen LogP contribution in [0.1, 0.15) is 48.8 Å². The molecule has 186 valence electrons. The highest BCUT2D eigenvalue weighted by atomic mass is 32.2. The first-order valence-corrected chi connectivity index (χ1v) is 12.3. The monoisotopic (exact) mass is 503 g/mol. The topological polar surface area (TPSA) is 48.4 Å². The van der Waals surface area contributed by atoms with Crippen LogP contribution in [-0.2, 0) is 15.7 Å². The van der Waals surface area contributed by atoms with Crippen LogP contribution in [-0.4, -0.2) is 24.2 Å². The van der Waals surface area contributed by atoms with Gasteiger partial charge in [0.1, 0.15) is 5.75 Å². The van der Waals surface area contributed by atoms with Gasteiger partial charge in [-0.3, -0.25) is 9.78 Å². The summed E-state index contributed by atoms with van der Waals surface area (Å²) in [5.41, 5.74) is 2.11. The summed E-state index contributed by atoms with van der Waals surface area (Å²) in [4.78, 5) is 17.5. The highest BCUT2D eigenvalue weighted by Gasteiger charge is 2.30. The van der Waals surface area contributed by atoms with Gasteiger partial charge in [-0.05, 0) is 68.3 Å². The number of aryl methyl sites for hydroxylation is 1. The molecule has 1 unspecified atom stereocenters. The molecule has 8 heteroatoms. The minimum atomic E-state index is -4.38. The molecule has 0 aliphatic heterocycles. The van der Waals surface area contributed by atoms with Crippen molar-refractivity contribution in [3.63, 3.8) is 0 Å². The number of aromatic nitrogens is 1. The quantitative estimate of drug-likeness (QED) is 0.162. The number of rotatable bonds is 10. The van der Waals surface area contributed by atoms with Crippen molar-refractivity contribution < 1.29 is 27.4 Å². The maximum absolute atomic E-state index is 12.9. The molecule has 0 saturated carbocycles. The third kappa shape index (κ3) is 7.57. The second-order valence-electron chi connectivity index (χ2n) is 7.94. The fourth-order valence-corrected chi connectivity index (χ4v) is 4.51. The van der Waals surface area contributed by atoms with Gasteiger partial charge in [-0.15, -0.1) is 11.8 Å². The maximum Gasteiger partial charge on any atom is 0.416 e. The number of carbonyl (C=O) groups excluding carboxylic acids is 1. The van der Waals surface area contributed by atoms with Crippen molar-refractivity contribution in [2.75, 3.05) is 13.2 Å². The largest absolute Gasteiger partial charge is 0.426 e. The summed E-state index contributed by atoms with van der Waals surface area (Å²) in [5, 5.41) is -0.141. The number of benzene rings is 2. The average molecular weight is 504 g/mol. The molecule has 0 radical (unpaired) electrons. The third-order valence-corrected chi connectivity index (χ3v) is 6.37. The predicted octanol–water partition coefficient (Wildman–Crippen LogP) is 7.65. The van der Waals surface area contributed by atoms with Crippen LogP contribution in [0.4, 0.5) is 13.2 Å². The van der Waals surface area contributed by atoms with Gasteiger partial charge in [0, 0.05) is 23.5 Å². The lowest BCUT2D eigenvalue weighted by molar-refractivity contribution is -0.137. The fraction of sp³-hybridized carbons (Fsp3) is 0.333. The summed E-state index contributed by atoms with van der Waals surface area (Å²) < 4.78 is 49.9. The standard InChI is InChI=1S/C27H28F3NO3S/c1-4-7-26(32)34-24-15-14-21(16-18(24)3)35-25(17-33-5-2)23-9-6-8-22(31-23)19-10-12-20(13-11-19)27(28,29)30/h6,8-16,25H,4-5,7,17H2,1-3H3. The van der Waals surface area contributed by atoms with Crippen molar-refractivity contribution in [2.24, 2.45) is 0 Å². The summed E-state index contributed by atoms with van der Waals surface area (Å²) in [7, 11) is 0. The van der Waals surface area contributed by atoms with Crippen LogP contribution in [0.3, 0.4) is 0 Å². The van der Waals surface area contributed by atoms with E-state index in [0.717, 1.165) is 34.7 Å². The second-order valence-corrected chi connectivity index (χ2v) is 9.22. The number of nitrogens with zero attached hydrogens (tertiary/aromatic N) is 1. The first kappa shape index (κ1) is 26.8. The first-order chi connectivity index (χ1) is 16.7. The molecule has 0 fully saturated rings. The van der Waals surface area contributed by atoms with E-state index in [9.17, 15) is 18.0 Å². The number of carbonyl (C=O) groups is 1. The van der Waals surface area contributed by atoms with Crippen molar-refractivity contribution in [2.45, 2.75) is 49.9 Å². The minimum Gasteiger partial charge on any atom is -0.426 e. The first-order valence-electron chi connectivity index (χ1n) is 11.4. The number of pyridine rings is 1. The summed E-state index contributed by atoms with van der Waals surface area (Å²) in [6.07, 6.45) is -3.29. The molecule has 0 bridgehead atoms. The number of hydrogen-bond donors (Lipinski definition) is 0. The molecule has 1 heterocycles. The van der Waals surface area contributed by atoms with Crippen molar-refractivity contribution in [1.29, 1.82) is 0 Å². The van der Waals surface area contributed by atoms with Gasteiger partial charge in [0.15, 0.2) is 0 Å². The van der Waals surface area contributed by atoms with Gasteiger partial charge in [0.2, 0.25) is 0 Å². The Morgan fingerprint density at radius 3 is 2.43 bits per heavy atom. The Kier molecular flexibility index (Phi) is 9.34. The zero-order chi connectivity index (χ0) is 25.4. The molecule has 0 aliphatic carbocycles. The normalized spacial score (nSPS) is 12.4. The van der Waals surface area contributed by atoms with Crippen LogP contribution in [0.15, 0.2) is 65.6 Å². The van der Waals surface area contributed by atoms with E-state index >= 15 is 0 Å². The molecule has 3 rings (SSSR count). The Morgan fingerprint density at radius 2 is 1.80 bits per heavy atom. The maximum atomic E-state index is 12.9. The lowest BCUT2D eigenvalue weighted by Gasteiger charge is -2.18. The van der Waals surface area contributed by atoms with E-state index in [2.05, 4.69) is 0 Å². The van der Waals surface area contributed by atoms with E-state index in [1.54, 1.807) is 23.9 Å². The van der Waals surface area contributed by atoms with E-state index in [1.165, 1.54) is 12.1 Å². The van der Waals surface area contributed by atoms with Crippen molar-refractivity contribution in [3.05, 3.63) is 77.5 Å². The van der Waals surface area contributed by atoms with Gasteiger partial charge >= 0.3 is 12.1 Å². The van der Waals surface area contributed by atoms with Gasteiger partial charge in [-0.25, -0.2) is 0 Å². The van der Waals surface area contributed by atoms with Crippen molar-refractivity contribution in [3.8, 4) is 17.0 Å². The van der Waals surface area contributed by atoms with Crippen molar-refractivity contribution in [1.82, 2.24) is 4.98 Å². The molecular formula is C27H28F3NO3S. The lowest BCUT2D eigenvalue weighted by Crippen LogP contribution is -2.08. The van der Waals surface area contributed by atoms with Crippen LogP contribution >= 0.6 is 11.8 Å². The zero-order valence-electron chi connectivity index (χ0n) is 19.9. The Morgan fingerprint density at radius 1 is 1.06 bits per heavy atom. The molecule has 1 aromatic heterocycles. The molecule has 0 spiro atoms. The van der Waals surface area contributed by atoms with Gasteiger partial charge < -0.3 is 9.47 Å². The zero-order valence-corrected chi connectivity index (χ0v) is 20.7. The van der Waals surface area contributed by atoms with E-state index in [-0.39, 0.29) is 11.2 Å². The van der Waals surface area contributed by atoms with Gasteiger partial charge in [-0.2, -0.15) is 13.2 Å². The second kappa shape index (κ2) is 12.2. The molecule has 0 amide bonds. The number of ether oxygens (including phenoxy) is 2. The number of hydrogen-bond acceptors (Lipinski definition) is 5. The molecular weight excluding hydrogens is 475 g/mol. The highest BCUT2D eigenvalue weighted by Crippen LogP contribution is 2.37. The smallest absolute Gasteiger partial charge is 0.416 e. The summed E-state index contributed by atoms with van der Waals surface area (Å²) in [6.45, 7) is 6.68. The van der Waals surface area contributed by atoms with Gasteiger partial charge in [0.05, 0.1) is 28.8 Å². The van der Waals surface area contributed by atoms with E-state index in [0.29, 0.717) is 36.6 Å². The SMILES string of the molecule is CCCC(=O)Oc1ccc(SC(COCC)c2cccc(-c3ccc(C(F)(F)F)cc3)n2)cc1C. The number of thioether (sulfide) groups is 1. The van der Waals surface area contributed by atoms with Gasteiger partial charge in [-0.1, -0.05) is 25.1 Å².